The molecule has 0 spiro atoms. The van der Waals surface area contributed by atoms with Crippen LogP contribution < -0.4 is 5.73 Å². The Labute approximate surface area is 109 Å². The zero-order valence-corrected chi connectivity index (χ0v) is 11.3. The summed E-state index contributed by atoms with van der Waals surface area (Å²) >= 11 is 0. The molecule has 0 unspecified atom stereocenters. The predicted octanol–water partition coefficient (Wildman–Crippen LogP) is 1.26. The first-order chi connectivity index (χ1) is 8.63. The maximum absolute atomic E-state index is 8.62. The highest BCUT2D eigenvalue weighted by atomic mass is 16.5. The molecule has 18 heavy (non-hydrogen) atoms. The van der Waals surface area contributed by atoms with Crippen LogP contribution in [0, 0.1) is 11.3 Å². The number of likely N-dealkylation sites (N-methyl/N-ethyl adjacent to an activating group) is 1. The van der Waals surface area contributed by atoms with Crippen LogP contribution in [0.3, 0.4) is 0 Å². The summed E-state index contributed by atoms with van der Waals surface area (Å²) in [4.78, 5) is 2.30. The van der Waals surface area contributed by atoms with Gasteiger partial charge < -0.3 is 20.6 Å². The molecule has 0 radical (unpaired) electrons. The summed E-state index contributed by atoms with van der Waals surface area (Å²) < 4.78 is 5.64. The molecule has 2 aliphatic carbocycles. The third-order valence-electron chi connectivity index (χ3n) is 3.91. The van der Waals surface area contributed by atoms with Crippen LogP contribution in [0.15, 0.2) is 5.16 Å². The Morgan fingerprint density at radius 2 is 2.22 bits per heavy atom. The van der Waals surface area contributed by atoms with E-state index in [2.05, 4.69) is 17.1 Å². The van der Waals surface area contributed by atoms with Crippen molar-refractivity contribution in [3.63, 3.8) is 0 Å². The number of ether oxygens (including phenoxy) is 1. The van der Waals surface area contributed by atoms with E-state index in [-0.39, 0.29) is 5.41 Å². The first-order valence-electron chi connectivity index (χ1n) is 6.86. The van der Waals surface area contributed by atoms with Gasteiger partial charge in [0.25, 0.3) is 0 Å². The van der Waals surface area contributed by atoms with Crippen LogP contribution in [0.5, 0.6) is 0 Å². The van der Waals surface area contributed by atoms with Gasteiger partial charge in [0.1, 0.15) is 5.84 Å². The van der Waals surface area contributed by atoms with Crippen LogP contribution in [0.2, 0.25) is 0 Å². The van der Waals surface area contributed by atoms with Crippen LogP contribution in [0.1, 0.15) is 32.1 Å². The largest absolute Gasteiger partial charge is 0.409 e. The molecule has 5 heteroatoms. The average Bonchev–Trinajstić information content (AvgIpc) is 3.22. The normalized spacial score (nSPS) is 22.4. The smallest absolute Gasteiger partial charge is 0.139 e. The lowest BCUT2D eigenvalue weighted by Crippen LogP contribution is -2.32. The Kier molecular flexibility index (Phi) is 4.45. The van der Waals surface area contributed by atoms with Crippen molar-refractivity contribution < 1.29 is 9.94 Å². The van der Waals surface area contributed by atoms with E-state index in [1.54, 1.807) is 0 Å². The van der Waals surface area contributed by atoms with Gasteiger partial charge in [-0.3, -0.25) is 0 Å². The summed E-state index contributed by atoms with van der Waals surface area (Å²) in [6, 6.07) is 0. The number of nitrogens with two attached hydrogens (primary N) is 1. The van der Waals surface area contributed by atoms with Crippen molar-refractivity contribution in [2.24, 2.45) is 22.2 Å². The SMILES string of the molecule is CN(CCOCC1CC1)CC1(CC(N)=NO)CC1. The van der Waals surface area contributed by atoms with E-state index in [4.69, 9.17) is 15.7 Å². The van der Waals surface area contributed by atoms with E-state index in [0.717, 1.165) is 32.2 Å². The topological polar surface area (TPSA) is 71.1 Å². The molecule has 2 saturated carbocycles. The monoisotopic (exact) mass is 255 g/mol. The molecule has 0 aromatic rings. The molecule has 0 aromatic heterocycles. The molecule has 0 saturated heterocycles. The molecule has 0 heterocycles. The van der Waals surface area contributed by atoms with Crippen LogP contribution in [0.25, 0.3) is 0 Å². The Hall–Kier alpha value is -0.810. The van der Waals surface area contributed by atoms with Crippen molar-refractivity contribution in [1.82, 2.24) is 4.90 Å². The second kappa shape index (κ2) is 5.89. The van der Waals surface area contributed by atoms with E-state index in [1.807, 2.05) is 0 Å². The number of hydrogen-bond acceptors (Lipinski definition) is 4. The molecule has 0 bridgehead atoms. The van der Waals surface area contributed by atoms with E-state index in [0.29, 0.717) is 12.3 Å². The molecule has 0 aromatic carbocycles. The quantitative estimate of drug-likeness (QED) is 0.214. The number of amidine groups is 1. The fourth-order valence-electron chi connectivity index (χ4n) is 2.39. The highest BCUT2D eigenvalue weighted by Crippen LogP contribution is 2.49. The van der Waals surface area contributed by atoms with Crippen LogP contribution >= 0.6 is 0 Å². The van der Waals surface area contributed by atoms with Gasteiger partial charge in [0, 0.05) is 26.1 Å². The van der Waals surface area contributed by atoms with Crippen molar-refractivity contribution in [1.29, 1.82) is 0 Å². The molecular weight excluding hydrogens is 230 g/mol. The van der Waals surface area contributed by atoms with Gasteiger partial charge in [-0.2, -0.15) is 0 Å². The van der Waals surface area contributed by atoms with Crippen molar-refractivity contribution in [3.05, 3.63) is 0 Å². The lowest BCUT2D eigenvalue weighted by Gasteiger charge is -2.23. The van der Waals surface area contributed by atoms with E-state index >= 15 is 0 Å². The highest BCUT2D eigenvalue weighted by molar-refractivity contribution is 5.80. The van der Waals surface area contributed by atoms with Gasteiger partial charge in [0.15, 0.2) is 0 Å². The first kappa shape index (κ1) is 13.6. The van der Waals surface area contributed by atoms with E-state index in [1.165, 1.54) is 25.7 Å². The molecule has 2 rings (SSSR count). The number of oxime groups is 1. The highest BCUT2D eigenvalue weighted by Gasteiger charge is 2.43. The standard InChI is InChI=1S/C13H25N3O2/c1-16(6-7-18-9-11-2-3-11)10-13(4-5-13)8-12(14)15-17/h11,17H,2-10H2,1H3,(H2,14,15). The molecule has 104 valence electrons. The summed E-state index contributed by atoms with van der Waals surface area (Å²) in [5, 5.41) is 11.7. The minimum absolute atomic E-state index is 0.252. The lowest BCUT2D eigenvalue weighted by molar-refractivity contribution is 0.0979. The van der Waals surface area contributed by atoms with Gasteiger partial charge in [-0.1, -0.05) is 5.16 Å². The lowest BCUT2D eigenvalue weighted by atomic mass is 10.0. The van der Waals surface area contributed by atoms with Gasteiger partial charge in [0.05, 0.1) is 6.61 Å². The molecule has 3 N–H and O–H groups in total. The zero-order chi connectivity index (χ0) is 13.0. The fraction of sp³-hybridized carbons (Fsp3) is 0.923. The van der Waals surface area contributed by atoms with Crippen LogP contribution in [-0.2, 0) is 4.74 Å². The van der Waals surface area contributed by atoms with Crippen molar-refractivity contribution in [2.45, 2.75) is 32.1 Å². The maximum atomic E-state index is 8.62. The molecular formula is C13H25N3O2. The van der Waals surface area contributed by atoms with Crippen molar-refractivity contribution in [3.8, 4) is 0 Å². The summed E-state index contributed by atoms with van der Waals surface area (Å²) in [6.07, 6.45) is 5.75. The van der Waals surface area contributed by atoms with Gasteiger partial charge in [-0.05, 0) is 44.1 Å². The van der Waals surface area contributed by atoms with Gasteiger partial charge >= 0.3 is 0 Å². The summed E-state index contributed by atoms with van der Waals surface area (Å²) in [7, 11) is 2.12. The minimum atomic E-state index is 0.252. The Balaban J connectivity index is 1.59. The second-order valence-corrected chi connectivity index (χ2v) is 6.02. The first-order valence-corrected chi connectivity index (χ1v) is 6.86. The van der Waals surface area contributed by atoms with E-state index in [9.17, 15) is 0 Å². The average molecular weight is 255 g/mol. The zero-order valence-electron chi connectivity index (χ0n) is 11.3. The predicted molar refractivity (Wildman–Crippen MR) is 70.7 cm³/mol. The molecule has 2 fully saturated rings. The number of nitrogens with zero attached hydrogens (tertiary/aromatic N) is 2. The van der Waals surface area contributed by atoms with Crippen molar-refractivity contribution >= 4 is 5.84 Å². The third-order valence-corrected chi connectivity index (χ3v) is 3.91. The number of rotatable bonds is 9. The Bertz CT molecular complexity index is 299. The summed E-state index contributed by atoms with van der Waals surface area (Å²) in [5.41, 5.74) is 5.85. The van der Waals surface area contributed by atoms with E-state index < -0.39 is 0 Å². The third kappa shape index (κ3) is 4.46. The molecule has 0 aliphatic heterocycles. The second-order valence-electron chi connectivity index (χ2n) is 6.02. The van der Waals surface area contributed by atoms with Crippen molar-refractivity contribution in [2.75, 3.05) is 33.4 Å². The summed E-state index contributed by atoms with van der Waals surface area (Å²) in [6.45, 7) is 3.72. The van der Waals surface area contributed by atoms with Gasteiger partial charge in [-0.25, -0.2) is 0 Å². The van der Waals surface area contributed by atoms with Crippen LogP contribution in [-0.4, -0.2) is 49.3 Å². The Morgan fingerprint density at radius 3 is 2.78 bits per heavy atom. The molecule has 0 atom stereocenters. The van der Waals surface area contributed by atoms with Crippen LogP contribution in [0.4, 0.5) is 0 Å². The van der Waals surface area contributed by atoms with Gasteiger partial charge in [0.2, 0.25) is 0 Å². The summed E-state index contributed by atoms with van der Waals surface area (Å²) in [5.74, 6) is 1.19. The van der Waals surface area contributed by atoms with Gasteiger partial charge in [-0.15, -0.1) is 0 Å². The molecule has 2 aliphatic rings. The maximum Gasteiger partial charge on any atom is 0.139 e. The minimum Gasteiger partial charge on any atom is -0.409 e. The molecule has 5 nitrogen and oxygen atoms in total. The molecule has 0 amide bonds. The number of hydrogen-bond donors (Lipinski definition) is 2. The fourth-order valence-corrected chi connectivity index (χ4v) is 2.39. The Morgan fingerprint density at radius 1 is 1.50 bits per heavy atom.